The lowest BCUT2D eigenvalue weighted by Gasteiger charge is -2.13. The molecule has 0 saturated heterocycles. The average molecular weight is 554 g/mol. The van der Waals surface area contributed by atoms with Gasteiger partial charge in [-0.3, -0.25) is 0 Å². The van der Waals surface area contributed by atoms with E-state index in [1.807, 2.05) is 48.5 Å². The summed E-state index contributed by atoms with van der Waals surface area (Å²) in [7, 11) is 1.67. The molecule has 32 heavy (non-hydrogen) atoms. The fraction of sp³-hybridized carbons (Fsp3) is 0.115. The van der Waals surface area contributed by atoms with Crippen LogP contribution in [0.5, 0.6) is 11.5 Å². The van der Waals surface area contributed by atoms with Crippen LogP contribution in [0.1, 0.15) is 16.7 Å². The summed E-state index contributed by atoms with van der Waals surface area (Å²) in [6.07, 6.45) is 1.78. The number of rotatable bonds is 8. The first kappa shape index (κ1) is 22.4. The molecule has 4 aromatic carbocycles. The zero-order valence-corrected chi connectivity index (χ0v) is 20.7. The lowest BCUT2D eigenvalue weighted by molar-refractivity contribution is 0.303. The van der Waals surface area contributed by atoms with Crippen LogP contribution in [0, 0.1) is 0 Å². The molecule has 0 spiro atoms. The van der Waals surface area contributed by atoms with Crippen molar-refractivity contribution >= 4 is 48.8 Å². The van der Waals surface area contributed by atoms with Crippen LogP contribution in [-0.2, 0) is 13.2 Å². The predicted octanol–water partition coefficient (Wildman–Crippen LogP) is 7.08. The van der Waals surface area contributed by atoms with Gasteiger partial charge in [-0.2, -0.15) is 5.10 Å². The number of nitrogens with zero attached hydrogens (tertiary/aromatic N) is 1. The van der Waals surface area contributed by atoms with Crippen molar-refractivity contribution in [1.29, 1.82) is 0 Å². The van der Waals surface area contributed by atoms with Crippen molar-refractivity contribution in [2.75, 3.05) is 7.11 Å². The summed E-state index contributed by atoms with van der Waals surface area (Å²) >= 11 is 7.26. The normalized spacial score (nSPS) is 11.1. The first-order valence-electron chi connectivity index (χ1n) is 10.1. The number of halogens is 2. The van der Waals surface area contributed by atoms with Crippen molar-refractivity contribution in [2.24, 2.45) is 5.10 Å². The van der Waals surface area contributed by atoms with Gasteiger partial charge in [-0.1, -0.05) is 60.7 Å². The number of fused-ring (bicyclic) bond motifs is 1. The van der Waals surface area contributed by atoms with E-state index in [-0.39, 0.29) is 0 Å². The Morgan fingerprint density at radius 1 is 0.875 bits per heavy atom. The summed E-state index contributed by atoms with van der Waals surface area (Å²) in [5.74, 6) is 1.60. The Morgan fingerprint density at radius 3 is 2.38 bits per heavy atom. The highest BCUT2D eigenvalue weighted by Gasteiger charge is 2.10. The molecule has 4 aromatic rings. The van der Waals surface area contributed by atoms with Crippen molar-refractivity contribution in [3.63, 3.8) is 0 Å². The molecule has 0 fully saturated rings. The van der Waals surface area contributed by atoms with E-state index in [1.54, 1.807) is 13.3 Å². The van der Waals surface area contributed by atoms with E-state index in [9.17, 15) is 0 Å². The molecule has 1 N–H and O–H groups in total. The number of hydrogen-bond donors (Lipinski definition) is 1. The maximum Gasteiger partial charge on any atom is 0.148 e. The number of hydrogen-bond acceptors (Lipinski definition) is 4. The standard InChI is InChI=1S/C26H22Br2N2O2/c1-31-25-12-5-3-8-20(25)16-30-29-15-18-13-23(27)26(24(28)14-18)32-17-21-10-6-9-19-7-2-4-11-22(19)21/h2-15,30H,16-17H2,1H3/b29-15+. The molecule has 0 aliphatic rings. The van der Waals surface area contributed by atoms with Gasteiger partial charge in [0.25, 0.3) is 0 Å². The molecule has 6 heteroatoms. The summed E-state index contributed by atoms with van der Waals surface area (Å²) in [5.41, 5.74) is 6.20. The van der Waals surface area contributed by atoms with Gasteiger partial charge in [0.05, 0.1) is 28.8 Å². The van der Waals surface area contributed by atoms with Gasteiger partial charge >= 0.3 is 0 Å². The van der Waals surface area contributed by atoms with Crippen molar-refractivity contribution in [2.45, 2.75) is 13.2 Å². The van der Waals surface area contributed by atoms with Crippen LogP contribution >= 0.6 is 31.9 Å². The summed E-state index contributed by atoms with van der Waals surface area (Å²) in [5, 5.41) is 6.75. The molecule has 0 unspecified atom stereocenters. The molecule has 0 aliphatic heterocycles. The SMILES string of the molecule is COc1ccccc1CN/N=C/c1cc(Br)c(OCc2cccc3ccccc23)c(Br)c1. The van der Waals surface area contributed by atoms with Crippen LogP contribution in [-0.4, -0.2) is 13.3 Å². The Bertz CT molecular complexity index is 1230. The lowest BCUT2D eigenvalue weighted by Crippen LogP contribution is -2.07. The molecule has 0 atom stereocenters. The molecule has 4 nitrogen and oxygen atoms in total. The topological polar surface area (TPSA) is 42.8 Å². The quantitative estimate of drug-likeness (QED) is 0.187. The Kier molecular flexibility index (Phi) is 7.45. The van der Waals surface area contributed by atoms with E-state index in [4.69, 9.17) is 9.47 Å². The molecule has 0 saturated carbocycles. The number of methoxy groups -OCH3 is 1. The summed E-state index contributed by atoms with van der Waals surface area (Å²) in [6.45, 7) is 1.06. The van der Waals surface area contributed by atoms with Gasteiger partial charge in [0.1, 0.15) is 18.1 Å². The van der Waals surface area contributed by atoms with Crippen LogP contribution in [0.25, 0.3) is 10.8 Å². The van der Waals surface area contributed by atoms with Crippen LogP contribution in [0.4, 0.5) is 0 Å². The minimum atomic E-state index is 0.479. The average Bonchev–Trinajstić information content (AvgIpc) is 2.81. The first-order valence-corrected chi connectivity index (χ1v) is 11.7. The van der Waals surface area contributed by atoms with Crippen LogP contribution in [0.3, 0.4) is 0 Å². The van der Waals surface area contributed by atoms with Gasteiger partial charge in [0.2, 0.25) is 0 Å². The number of nitrogens with one attached hydrogen (secondary N) is 1. The minimum absolute atomic E-state index is 0.479. The van der Waals surface area contributed by atoms with Crippen LogP contribution < -0.4 is 14.9 Å². The fourth-order valence-corrected chi connectivity index (χ4v) is 4.91. The number of ether oxygens (including phenoxy) is 2. The minimum Gasteiger partial charge on any atom is -0.496 e. The zero-order chi connectivity index (χ0) is 22.3. The van der Waals surface area contributed by atoms with Crippen molar-refractivity contribution in [3.05, 3.63) is 104 Å². The van der Waals surface area contributed by atoms with E-state index in [1.165, 1.54) is 10.8 Å². The van der Waals surface area contributed by atoms with Gasteiger partial charge < -0.3 is 14.9 Å². The van der Waals surface area contributed by atoms with Crippen molar-refractivity contribution in [1.82, 2.24) is 5.43 Å². The predicted molar refractivity (Wildman–Crippen MR) is 138 cm³/mol. The van der Waals surface area contributed by atoms with Crippen LogP contribution in [0.2, 0.25) is 0 Å². The summed E-state index contributed by atoms with van der Waals surface area (Å²) in [4.78, 5) is 0. The van der Waals surface area contributed by atoms with E-state index in [0.717, 1.165) is 37.1 Å². The summed E-state index contributed by atoms with van der Waals surface area (Å²) in [6, 6.07) is 26.4. The van der Waals surface area contributed by atoms with E-state index in [0.29, 0.717) is 13.2 Å². The third-order valence-corrected chi connectivity index (χ3v) is 6.22. The monoisotopic (exact) mass is 552 g/mol. The zero-order valence-electron chi connectivity index (χ0n) is 17.5. The van der Waals surface area contributed by atoms with Gasteiger partial charge in [-0.25, -0.2) is 0 Å². The molecule has 0 bridgehead atoms. The molecule has 162 valence electrons. The van der Waals surface area contributed by atoms with Gasteiger partial charge in [-0.05, 0) is 72.0 Å². The van der Waals surface area contributed by atoms with E-state index < -0.39 is 0 Å². The smallest absolute Gasteiger partial charge is 0.148 e. The molecule has 4 rings (SSSR count). The molecule has 0 aromatic heterocycles. The maximum absolute atomic E-state index is 6.16. The largest absolute Gasteiger partial charge is 0.496 e. The van der Waals surface area contributed by atoms with Crippen LogP contribution in [0.15, 0.2) is 92.9 Å². The number of benzene rings is 4. The third kappa shape index (κ3) is 5.31. The molecule has 0 radical (unpaired) electrons. The maximum atomic E-state index is 6.16. The second-order valence-electron chi connectivity index (χ2n) is 7.15. The highest BCUT2D eigenvalue weighted by atomic mass is 79.9. The molecular formula is C26H22Br2N2O2. The Labute approximate surface area is 204 Å². The van der Waals surface area contributed by atoms with Gasteiger partial charge in [0.15, 0.2) is 0 Å². The highest BCUT2D eigenvalue weighted by Crippen LogP contribution is 2.35. The Morgan fingerprint density at radius 2 is 1.56 bits per heavy atom. The van der Waals surface area contributed by atoms with Crippen molar-refractivity contribution in [3.8, 4) is 11.5 Å². The Balaban J connectivity index is 1.42. The summed E-state index contributed by atoms with van der Waals surface area (Å²) < 4.78 is 13.2. The molecular weight excluding hydrogens is 532 g/mol. The molecule has 0 aliphatic carbocycles. The second-order valence-corrected chi connectivity index (χ2v) is 8.85. The Hall–Kier alpha value is -2.83. The second kappa shape index (κ2) is 10.7. The highest BCUT2D eigenvalue weighted by molar-refractivity contribution is 9.11. The first-order chi connectivity index (χ1) is 15.7. The fourth-order valence-electron chi connectivity index (χ4n) is 3.46. The van der Waals surface area contributed by atoms with Crippen molar-refractivity contribution < 1.29 is 9.47 Å². The molecule has 0 amide bonds. The number of para-hydroxylation sites is 1. The van der Waals surface area contributed by atoms with E-state index >= 15 is 0 Å². The lowest BCUT2D eigenvalue weighted by atomic mass is 10.1. The van der Waals surface area contributed by atoms with Gasteiger partial charge in [0, 0.05) is 5.56 Å². The number of hydrazone groups is 1. The third-order valence-electron chi connectivity index (χ3n) is 5.04. The van der Waals surface area contributed by atoms with E-state index in [2.05, 4.69) is 72.7 Å². The van der Waals surface area contributed by atoms with Gasteiger partial charge in [-0.15, -0.1) is 0 Å². The molecule has 0 heterocycles.